The van der Waals surface area contributed by atoms with E-state index in [0.717, 1.165) is 45.9 Å². The highest BCUT2D eigenvalue weighted by molar-refractivity contribution is 9.10. The van der Waals surface area contributed by atoms with Crippen LogP contribution >= 0.6 is 27.7 Å². The second kappa shape index (κ2) is 6.24. The molecule has 4 rings (SSSR count). The van der Waals surface area contributed by atoms with Crippen LogP contribution in [0.25, 0.3) is 0 Å². The lowest BCUT2D eigenvalue weighted by molar-refractivity contribution is 0.308. The predicted molar refractivity (Wildman–Crippen MR) is 100 cm³/mol. The first-order chi connectivity index (χ1) is 11.2. The van der Waals surface area contributed by atoms with Gasteiger partial charge in [0, 0.05) is 41.0 Å². The standard InChI is InChI=1S/C17H18BrN3OS/c1-11-8-12(18)9-14-16(11)22-10-13-15(2-3-19-17(13)20-14)21-4-6-23-7-5-21/h2-3,8-9H,4-7,10H2,1H3,(H,19,20). The summed E-state index contributed by atoms with van der Waals surface area (Å²) in [5.41, 5.74) is 4.47. The molecule has 1 aromatic heterocycles. The molecule has 0 bridgehead atoms. The van der Waals surface area contributed by atoms with E-state index in [0.29, 0.717) is 6.61 Å². The summed E-state index contributed by atoms with van der Waals surface area (Å²) in [7, 11) is 0. The number of pyridine rings is 1. The number of anilines is 3. The van der Waals surface area contributed by atoms with Gasteiger partial charge in [0.1, 0.15) is 18.2 Å². The number of aryl methyl sites for hydroxylation is 1. The second-order valence-corrected chi connectivity index (χ2v) is 7.91. The number of fused-ring (bicyclic) bond motifs is 2. The normalized spacial score (nSPS) is 16.7. The van der Waals surface area contributed by atoms with Crippen LogP contribution < -0.4 is 15.0 Å². The Kier molecular flexibility index (Phi) is 4.11. The van der Waals surface area contributed by atoms with Crippen LogP contribution in [-0.2, 0) is 6.61 Å². The fourth-order valence-corrected chi connectivity index (χ4v) is 4.59. The van der Waals surface area contributed by atoms with E-state index in [1.807, 2.05) is 24.0 Å². The molecular weight excluding hydrogens is 374 g/mol. The number of rotatable bonds is 1. The molecule has 2 aromatic rings. The van der Waals surface area contributed by atoms with Crippen molar-refractivity contribution in [2.75, 3.05) is 34.8 Å². The highest BCUT2D eigenvalue weighted by Gasteiger charge is 2.22. The Hall–Kier alpha value is -1.40. The number of thioether (sulfide) groups is 1. The number of hydrogen-bond donors (Lipinski definition) is 1. The summed E-state index contributed by atoms with van der Waals surface area (Å²) in [6, 6.07) is 6.23. The molecule has 1 N–H and O–H groups in total. The molecule has 0 saturated carbocycles. The smallest absolute Gasteiger partial charge is 0.146 e. The third kappa shape index (κ3) is 2.90. The van der Waals surface area contributed by atoms with Crippen molar-refractivity contribution in [1.82, 2.24) is 4.98 Å². The fraction of sp³-hybridized carbons (Fsp3) is 0.353. The van der Waals surface area contributed by atoms with Gasteiger partial charge < -0.3 is 15.0 Å². The van der Waals surface area contributed by atoms with Crippen LogP contribution in [0, 0.1) is 6.92 Å². The number of aromatic nitrogens is 1. The largest absolute Gasteiger partial charge is 0.486 e. The Bertz CT molecular complexity index is 747. The number of hydrogen-bond acceptors (Lipinski definition) is 5. The van der Waals surface area contributed by atoms with E-state index in [1.165, 1.54) is 17.2 Å². The fourth-order valence-electron chi connectivity index (χ4n) is 3.12. The van der Waals surface area contributed by atoms with Crippen molar-refractivity contribution in [1.29, 1.82) is 0 Å². The van der Waals surface area contributed by atoms with Gasteiger partial charge in [0.25, 0.3) is 0 Å². The molecule has 1 saturated heterocycles. The molecule has 0 unspecified atom stereocenters. The summed E-state index contributed by atoms with van der Waals surface area (Å²) < 4.78 is 7.18. The molecule has 6 heteroatoms. The first-order valence-electron chi connectivity index (χ1n) is 7.73. The highest BCUT2D eigenvalue weighted by atomic mass is 79.9. The van der Waals surface area contributed by atoms with E-state index < -0.39 is 0 Å². The maximum atomic E-state index is 6.14. The maximum absolute atomic E-state index is 6.14. The lowest BCUT2D eigenvalue weighted by atomic mass is 10.2. The molecule has 3 heterocycles. The van der Waals surface area contributed by atoms with Gasteiger partial charge in [-0.1, -0.05) is 15.9 Å². The Morgan fingerprint density at radius 2 is 2.13 bits per heavy atom. The van der Waals surface area contributed by atoms with Crippen molar-refractivity contribution in [2.24, 2.45) is 0 Å². The minimum absolute atomic E-state index is 0.546. The van der Waals surface area contributed by atoms with Crippen LogP contribution in [-0.4, -0.2) is 29.6 Å². The lowest BCUT2D eigenvalue weighted by Gasteiger charge is -2.30. The van der Waals surface area contributed by atoms with Gasteiger partial charge in [-0.05, 0) is 30.7 Å². The summed E-state index contributed by atoms with van der Waals surface area (Å²) in [6.07, 6.45) is 1.89. The van der Waals surface area contributed by atoms with E-state index in [-0.39, 0.29) is 0 Å². The maximum Gasteiger partial charge on any atom is 0.146 e. The molecule has 2 aliphatic rings. The summed E-state index contributed by atoms with van der Waals surface area (Å²) in [4.78, 5) is 7.00. The van der Waals surface area contributed by atoms with Crippen LogP contribution in [0.3, 0.4) is 0 Å². The second-order valence-electron chi connectivity index (χ2n) is 5.77. The van der Waals surface area contributed by atoms with E-state index in [2.05, 4.69) is 50.2 Å². The summed E-state index contributed by atoms with van der Waals surface area (Å²) in [5.74, 6) is 4.17. The van der Waals surface area contributed by atoms with E-state index in [9.17, 15) is 0 Å². The monoisotopic (exact) mass is 391 g/mol. The van der Waals surface area contributed by atoms with Gasteiger partial charge in [-0.25, -0.2) is 4.98 Å². The first-order valence-corrected chi connectivity index (χ1v) is 9.67. The zero-order valence-electron chi connectivity index (χ0n) is 12.9. The van der Waals surface area contributed by atoms with Gasteiger partial charge in [-0.15, -0.1) is 0 Å². The number of benzene rings is 1. The van der Waals surface area contributed by atoms with Crippen LogP contribution in [0.15, 0.2) is 28.9 Å². The number of halogens is 1. The van der Waals surface area contributed by atoms with Crippen molar-refractivity contribution in [3.05, 3.63) is 40.0 Å². The van der Waals surface area contributed by atoms with Gasteiger partial charge in [0.05, 0.1) is 11.3 Å². The van der Waals surface area contributed by atoms with Crippen molar-refractivity contribution >= 4 is 44.9 Å². The Balaban J connectivity index is 1.75. The molecule has 0 spiro atoms. The number of ether oxygens (including phenoxy) is 1. The highest BCUT2D eigenvalue weighted by Crippen LogP contribution is 2.40. The van der Waals surface area contributed by atoms with Gasteiger partial charge in [0.2, 0.25) is 0 Å². The lowest BCUT2D eigenvalue weighted by Crippen LogP contribution is -2.33. The van der Waals surface area contributed by atoms with Gasteiger partial charge in [0.15, 0.2) is 0 Å². The molecule has 0 aliphatic carbocycles. The average molecular weight is 392 g/mol. The quantitative estimate of drug-likeness (QED) is 0.782. The van der Waals surface area contributed by atoms with Gasteiger partial charge in [-0.3, -0.25) is 0 Å². The van der Waals surface area contributed by atoms with Crippen LogP contribution in [0.5, 0.6) is 5.75 Å². The van der Waals surface area contributed by atoms with E-state index in [4.69, 9.17) is 4.74 Å². The number of nitrogens with zero attached hydrogens (tertiary/aromatic N) is 2. The molecule has 1 fully saturated rings. The zero-order valence-corrected chi connectivity index (χ0v) is 15.3. The zero-order chi connectivity index (χ0) is 15.8. The molecular formula is C17H18BrN3OS. The Morgan fingerprint density at radius 3 is 2.96 bits per heavy atom. The molecule has 0 atom stereocenters. The summed E-state index contributed by atoms with van der Waals surface area (Å²) in [6.45, 7) is 4.78. The minimum Gasteiger partial charge on any atom is -0.486 e. The minimum atomic E-state index is 0.546. The topological polar surface area (TPSA) is 37.4 Å². The Morgan fingerprint density at radius 1 is 1.30 bits per heavy atom. The molecule has 4 nitrogen and oxygen atoms in total. The van der Waals surface area contributed by atoms with Crippen molar-refractivity contribution < 1.29 is 4.74 Å². The molecule has 120 valence electrons. The molecule has 0 radical (unpaired) electrons. The van der Waals surface area contributed by atoms with Crippen molar-refractivity contribution in [3.63, 3.8) is 0 Å². The summed E-state index contributed by atoms with van der Waals surface area (Å²) >= 11 is 5.58. The third-order valence-electron chi connectivity index (χ3n) is 4.24. The predicted octanol–water partition coefficient (Wildman–Crippen LogP) is 4.34. The van der Waals surface area contributed by atoms with E-state index in [1.54, 1.807) is 0 Å². The SMILES string of the molecule is Cc1cc(Br)cc2c1OCc1c(N3CCSCC3)ccnc1N2. The Labute approximate surface area is 148 Å². The van der Waals surface area contributed by atoms with Gasteiger partial charge in [-0.2, -0.15) is 11.8 Å². The molecule has 0 amide bonds. The third-order valence-corrected chi connectivity index (χ3v) is 5.64. The van der Waals surface area contributed by atoms with Gasteiger partial charge >= 0.3 is 0 Å². The summed E-state index contributed by atoms with van der Waals surface area (Å²) in [5, 5.41) is 3.47. The molecule has 2 aliphatic heterocycles. The van der Waals surface area contributed by atoms with Crippen molar-refractivity contribution in [2.45, 2.75) is 13.5 Å². The first kappa shape index (κ1) is 15.1. The van der Waals surface area contributed by atoms with E-state index >= 15 is 0 Å². The molecule has 23 heavy (non-hydrogen) atoms. The van der Waals surface area contributed by atoms with Crippen LogP contribution in [0.4, 0.5) is 17.2 Å². The van der Waals surface area contributed by atoms with Crippen LogP contribution in [0.2, 0.25) is 0 Å². The van der Waals surface area contributed by atoms with Crippen LogP contribution in [0.1, 0.15) is 11.1 Å². The van der Waals surface area contributed by atoms with Crippen molar-refractivity contribution in [3.8, 4) is 5.75 Å². The molecule has 1 aromatic carbocycles. The number of nitrogens with one attached hydrogen (secondary N) is 1. The average Bonchev–Trinajstić information content (AvgIpc) is 2.74.